The number of hydrogen-bond donors (Lipinski definition) is 1. The van der Waals surface area contributed by atoms with Gasteiger partial charge < -0.3 is 19.6 Å². The summed E-state index contributed by atoms with van der Waals surface area (Å²) < 4.78 is 5.74. The van der Waals surface area contributed by atoms with E-state index in [2.05, 4.69) is 0 Å². The topological polar surface area (TPSA) is 53.0 Å². The summed E-state index contributed by atoms with van der Waals surface area (Å²) in [5.74, 6) is 0.634. The molecule has 0 bridgehead atoms. The lowest BCUT2D eigenvalue weighted by molar-refractivity contribution is 0.0585. The van der Waals surface area contributed by atoms with Crippen molar-refractivity contribution in [2.75, 3.05) is 38.8 Å². The van der Waals surface area contributed by atoms with Gasteiger partial charge in [0.2, 0.25) is 0 Å². The molecule has 24 heavy (non-hydrogen) atoms. The van der Waals surface area contributed by atoms with E-state index in [9.17, 15) is 9.90 Å². The van der Waals surface area contributed by atoms with Gasteiger partial charge in [0.05, 0.1) is 19.2 Å². The zero-order chi connectivity index (χ0) is 17.1. The highest BCUT2D eigenvalue weighted by Gasteiger charge is 2.30. The average molecular weight is 326 g/mol. The van der Waals surface area contributed by atoms with Gasteiger partial charge in [-0.05, 0) is 30.3 Å². The number of aliphatic hydroxyl groups excluding tert-OH is 1. The van der Waals surface area contributed by atoms with E-state index in [0.717, 1.165) is 17.0 Å². The first-order valence-corrected chi connectivity index (χ1v) is 8.02. The number of nitrogens with zero attached hydrogens (tertiary/aromatic N) is 2. The van der Waals surface area contributed by atoms with Crippen molar-refractivity contribution in [2.24, 2.45) is 0 Å². The number of amides is 1. The predicted octanol–water partition coefficient (Wildman–Crippen LogP) is 2.32. The van der Waals surface area contributed by atoms with Crippen LogP contribution in [0.5, 0.6) is 5.75 Å². The first-order chi connectivity index (χ1) is 11.6. The normalized spacial score (nSPS) is 16.8. The van der Waals surface area contributed by atoms with E-state index < -0.39 is 6.04 Å². The van der Waals surface area contributed by atoms with Gasteiger partial charge in [-0.3, -0.25) is 4.79 Å². The number of ether oxygens (including phenoxy) is 1. The molecule has 1 amide bonds. The smallest absolute Gasteiger partial charge is 0.254 e. The number of carbonyl (C=O) groups excluding carboxylic acids is 1. The molecule has 1 aliphatic rings. The Kier molecular flexibility index (Phi) is 4.71. The van der Waals surface area contributed by atoms with Gasteiger partial charge in [0, 0.05) is 30.9 Å². The molecular formula is C19H22N2O3. The van der Waals surface area contributed by atoms with E-state index in [1.165, 1.54) is 0 Å². The van der Waals surface area contributed by atoms with Gasteiger partial charge in [-0.2, -0.15) is 0 Å². The number of para-hydroxylation sites is 1. The van der Waals surface area contributed by atoms with Crippen molar-refractivity contribution in [3.63, 3.8) is 0 Å². The molecule has 5 heteroatoms. The van der Waals surface area contributed by atoms with Crippen molar-refractivity contribution in [1.82, 2.24) is 4.90 Å². The Morgan fingerprint density at radius 2 is 1.92 bits per heavy atom. The highest BCUT2D eigenvalue weighted by atomic mass is 16.5. The van der Waals surface area contributed by atoms with Crippen LogP contribution in [0.15, 0.2) is 48.5 Å². The van der Waals surface area contributed by atoms with Crippen LogP contribution in [0.4, 0.5) is 5.69 Å². The predicted molar refractivity (Wildman–Crippen MR) is 93.6 cm³/mol. The highest BCUT2D eigenvalue weighted by Crippen LogP contribution is 2.32. The van der Waals surface area contributed by atoms with Gasteiger partial charge in [0.25, 0.3) is 5.91 Å². The first-order valence-electron chi connectivity index (χ1n) is 8.02. The van der Waals surface area contributed by atoms with Crippen molar-refractivity contribution in [2.45, 2.75) is 6.04 Å². The molecule has 2 aromatic rings. The lowest BCUT2D eigenvalue weighted by Crippen LogP contribution is -2.37. The number of benzene rings is 2. The molecule has 1 aliphatic heterocycles. The molecule has 1 heterocycles. The molecule has 0 aromatic heterocycles. The molecule has 2 aromatic carbocycles. The van der Waals surface area contributed by atoms with Crippen molar-refractivity contribution in [3.05, 3.63) is 59.7 Å². The SMILES string of the molecule is CN(C)c1ccc(C(=O)N2CCOc3ccccc3[C@@H]2CO)cc1. The molecule has 0 aliphatic carbocycles. The molecule has 0 radical (unpaired) electrons. The second-order valence-corrected chi connectivity index (χ2v) is 6.02. The van der Waals surface area contributed by atoms with Crippen LogP contribution in [-0.2, 0) is 0 Å². The minimum Gasteiger partial charge on any atom is -0.491 e. The summed E-state index contributed by atoms with van der Waals surface area (Å²) in [6.07, 6.45) is 0. The molecule has 0 saturated heterocycles. The Morgan fingerprint density at radius 3 is 2.58 bits per heavy atom. The van der Waals surface area contributed by atoms with E-state index in [1.54, 1.807) is 4.90 Å². The summed E-state index contributed by atoms with van der Waals surface area (Å²) >= 11 is 0. The number of hydrogen-bond acceptors (Lipinski definition) is 4. The second-order valence-electron chi connectivity index (χ2n) is 6.02. The maximum Gasteiger partial charge on any atom is 0.254 e. The molecule has 0 fully saturated rings. The number of fused-ring (bicyclic) bond motifs is 1. The summed E-state index contributed by atoms with van der Waals surface area (Å²) in [6.45, 7) is 0.713. The van der Waals surface area contributed by atoms with Crippen molar-refractivity contribution >= 4 is 11.6 Å². The van der Waals surface area contributed by atoms with Crippen molar-refractivity contribution in [3.8, 4) is 5.75 Å². The standard InChI is InChI=1S/C19H22N2O3/c1-20(2)15-9-7-14(8-10-15)19(23)21-11-12-24-18-6-4-3-5-16(18)17(21)13-22/h3-10,17,22H,11-13H2,1-2H3/t17-/m0/s1. The quantitative estimate of drug-likeness (QED) is 0.940. The number of anilines is 1. The molecule has 1 atom stereocenters. The van der Waals surface area contributed by atoms with E-state index >= 15 is 0 Å². The molecule has 0 unspecified atom stereocenters. The summed E-state index contributed by atoms with van der Waals surface area (Å²) in [7, 11) is 3.92. The minimum absolute atomic E-state index is 0.0975. The maximum atomic E-state index is 13.0. The fraction of sp³-hybridized carbons (Fsp3) is 0.316. The van der Waals surface area contributed by atoms with Crippen LogP contribution >= 0.6 is 0 Å². The second kappa shape index (κ2) is 6.93. The van der Waals surface area contributed by atoms with Crippen LogP contribution in [0, 0.1) is 0 Å². The molecular weight excluding hydrogens is 304 g/mol. The fourth-order valence-corrected chi connectivity index (χ4v) is 2.97. The molecule has 0 saturated carbocycles. The fourth-order valence-electron chi connectivity index (χ4n) is 2.97. The summed E-state index contributed by atoms with van der Waals surface area (Å²) in [4.78, 5) is 16.6. The lowest BCUT2D eigenvalue weighted by Gasteiger charge is -2.28. The number of carbonyl (C=O) groups is 1. The lowest BCUT2D eigenvalue weighted by atomic mass is 10.0. The largest absolute Gasteiger partial charge is 0.491 e. The number of rotatable bonds is 3. The molecule has 3 rings (SSSR count). The summed E-state index contributed by atoms with van der Waals surface area (Å²) in [5, 5.41) is 9.89. The van der Waals surface area contributed by atoms with Crippen LogP contribution in [0.3, 0.4) is 0 Å². The third-order valence-corrected chi connectivity index (χ3v) is 4.31. The summed E-state index contributed by atoms with van der Waals surface area (Å²) in [6, 6.07) is 14.6. The van der Waals surface area contributed by atoms with Gasteiger partial charge in [-0.15, -0.1) is 0 Å². The van der Waals surface area contributed by atoms with E-state index in [1.807, 2.05) is 67.5 Å². The van der Waals surface area contributed by atoms with Crippen molar-refractivity contribution in [1.29, 1.82) is 0 Å². The van der Waals surface area contributed by atoms with Gasteiger partial charge in [-0.1, -0.05) is 18.2 Å². The van der Waals surface area contributed by atoms with Crippen LogP contribution in [0.2, 0.25) is 0 Å². The van der Waals surface area contributed by atoms with Gasteiger partial charge >= 0.3 is 0 Å². The third kappa shape index (κ3) is 3.08. The van der Waals surface area contributed by atoms with Crippen LogP contribution in [0.25, 0.3) is 0 Å². The molecule has 1 N–H and O–H groups in total. The summed E-state index contributed by atoms with van der Waals surface area (Å²) in [5.41, 5.74) is 2.49. The van der Waals surface area contributed by atoms with Gasteiger partial charge in [-0.25, -0.2) is 0 Å². The zero-order valence-electron chi connectivity index (χ0n) is 14.0. The first kappa shape index (κ1) is 16.3. The monoisotopic (exact) mass is 326 g/mol. The van der Waals surface area contributed by atoms with Gasteiger partial charge in [0.15, 0.2) is 0 Å². The van der Waals surface area contributed by atoms with E-state index in [4.69, 9.17) is 4.74 Å². The maximum absolute atomic E-state index is 13.0. The van der Waals surface area contributed by atoms with E-state index in [-0.39, 0.29) is 12.5 Å². The molecule has 126 valence electrons. The average Bonchev–Trinajstić information content (AvgIpc) is 2.80. The van der Waals surface area contributed by atoms with Crippen LogP contribution in [0.1, 0.15) is 22.0 Å². The Bertz CT molecular complexity index is 713. The van der Waals surface area contributed by atoms with E-state index in [0.29, 0.717) is 18.7 Å². The Morgan fingerprint density at radius 1 is 1.21 bits per heavy atom. The molecule has 5 nitrogen and oxygen atoms in total. The zero-order valence-corrected chi connectivity index (χ0v) is 14.0. The minimum atomic E-state index is -0.398. The third-order valence-electron chi connectivity index (χ3n) is 4.31. The number of aliphatic hydroxyl groups is 1. The van der Waals surface area contributed by atoms with Crippen molar-refractivity contribution < 1.29 is 14.6 Å². The highest BCUT2D eigenvalue weighted by molar-refractivity contribution is 5.95. The Balaban J connectivity index is 1.91. The Hall–Kier alpha value is -2.53. The van der Waals surface area contributed by atoms with Gasteiger partial charge in [0.1, 0.15) is 12.4 Å². The molecule has 0 spiro atoms. The Labute approximate surface area is 142 Å². The van der Waals surface area contributed by atoms with Crippen LogP contribution in [-0.4, -0.2) is 49.8 Å². The van der Waals surface area contributed by atoms with Crippen LogP contribution < -0.4 is 9.64 Å².